The van der Waals surface area contributed by atoms with Crippen LogP contribution in [-0.2, 0) is 11.8 Å². The molecule has 0 radical (unpaired) electrons. The van der Waals surface area contributed by atoms with Gasteiger partial charge in [-0.3, -0.25) is 19.4 Å². The number of benzene rings is 1. The van der Waals surface area contributed by atoms with Gasteiger partial charge in [0.2, 0.25) is 5.91 Å². The number of nitrogens with zero attached hydrogens (tertiary/aromatic N) is 1. The van der Waals surface area contributed by atoms with Crippen LogP contribution in [0.3, 0.4) is 0 Å². The second-order valence-electron chi connectivity index (χ2n) is 4.38. The van der Waals surface area contributed by atoms with Crippen molar-refractivity contribution in [2.45, 2.75) is 13.8 Å². The fraction of sp³-hybridized carbons (Fsp3) is 0.333. The zero-order chi connectivity index (χ0) is 12.6. The standard InChI is InChI=1S/C12H15N3O2/c1-7(2)11(16)13-8-4-5-10-9(6-8)12(17)14-15(10)3/h4-7H,1-3H3,(H,13,16)(H,14,17). The van der Waals surface area contributed by atoms with E-state index in [-0.39, 0.29) is 17.4 Å². The highest BCUT2D eigenvalue weighted by Crippen LogP contribution is 2.16. The molecule has 2 rings (SSSR count). The van der Waals surface area contributed by atoms with Crippen molar-refractivity contribution in [2.75, 3.05) is 5.32 Å². The minimum atomic E-state index is -0.150. The average molecular weight is 233 g/mol. The monoisotopic (exact) mass is 233 g/mol. The lowest BCUT2D eigenvalue weighted by Crippen LogP contribution is -2.17. The Hall–Kier alpha value is -2.04. The molecule has 0 saturated heterocycles. The summed E-state index contributed by atoms with van der Waals surface area (Å²) in [6.45, 7) is 3.65. The molecule has 2 aromatic rings. The van der Waals surface area contributed by atoms with Gasteiger partial charge in [-0.25, -0.2) is 0 Å². The molecule has 0 unspecified atom stereocenters. The molecule has 1 aromatic carbocycles. The summed E-state index contributed by atoms with van der Waals surface area (Å²) in [5, 5.41) is 6.01. The minimum Gasteiger partial charge on any atom is -0.326 e. The summed E-state index contributed by atoms with van der Waals surface area (Å²) < 4.78 is 1.66. The van der Waals surface area contributed by atoms with Crippen LogP contribution in [-0.4, -0.2) is 15.7 Å². The van der Waals surface area contributed by atoms with Crippen LogP contribution in [0.25, 0.3) is 10.9 Å². The molecule has 0 atom stereocenters. The Kier molecular flexibility index (Phi) is 2.75. The third-order valence-electron chi connectivity index (χ3n) is 2.66. The number of H-pyrrole nitrogens is 1. The number of nitrogens with one attached hydrogen (secondary N) is 2. The number of rotatable bonds is 2. The number of fused-ring (bicyclic) bond motifs is 1. The van der Waals surface area contributed by atoms with Crippen molar-refractivity contribution in [3.63, 3.8) is 0 Å². The van der Waals surface area contributed by atoms with E-state index in [2.05, 4.69) is 10.4 Å². The molecule has 17 heavy (non-hydrogen) atoms. The Morgan fingerprint density at radius 1 is 1.41 bits per heavy atom. The molecule has 1 amide bonds. The molecule has 0 saturated carbocycles. The number of hydrogen-bond acceptors (Lipinski definition) is 2. The van der Waals surface area contributed by atoms with E-state index in [4.69, 9.17) is 0 Å². The Morgan fingerprint density at radius 3 is 2.76 bits per heavy atom. The quantitative estimate of drug-likeness (QED) is 0.824. The van der Waals surface area contributed by atoms with Gasteiger partial charge in [0.25, 0.3) is 5.56 Å². The number of hydrogen-bond donors (Lipinski definition) is 2. The van der Waals surface area contributed by atoms with Gasteiger partial charge >= 0.3 is 0 Å². The first-order chi connectivity index (χ1) is 7.99. The normalized spacial score (nSPS) is 11.1. The summed E-state index contributed by atoms with van der Waals surface area (Å²) in [6.07, 6.45) is 0. The highest BCUT2D eigenvalue weighted by Gasteiger charge is 2.09. The largest absolute Gasteiger partial charge is 0.326 e. The van der Waals surface area contributed by atoms with Gasteiger partial charge in [-0.2, -0.15) is 0 Å². The first-order valence-corrected chi connectivity index (χ1v) is 5.48. The molecule has 0 aliphatic heterocycles. The third kappa shape index (κ3) is 2.08. The van der Waals surface area contributed by atoms with Gasteiger partial charge in [0.1, 0.15) is 0 Å². The summed E-state index contributed by atoms with van der Waals surface area (Å²) >= 11 is 0. The van der Waals surface area contributed by atoms with Gasteiger partial charge in [-0.15, -0.1) is 0 Å². The van der Waals surface area contributed by atoms with Crippen LogP contribution in [0.5, 0.6) is 0 Å². The number of carbonyl (C=O) groups is 1. The topological polar surface area (TPSA) is 66.9 Å². The number of aromatic nitrogens is 2. The average Bonchev–Trinajstić information content (AvgIpc) is 2.54. The predicted molar refractivity (Wildman–Crippen MR) is 67.0 cm³/mol. The van der Waals surface area contributed by atoms with Crippen LogP contribution in [0.4, 0.5) is 5.69 Å². The van der Waals surface area contributed by atoms with Crippen LogP contribution in [0, 0.1) is 5.92 Å². The molecule has 1 heterocycles. The van der Waals surface area contributed by atoms with E-state index in [9.17, 15) is 9.59 Å². The molecule has 0 aliphatic carbocycles. The lowest BCUT2D eigenvalue weighted by molar-refractivity contribution is -0.118. The Balaban J connectivity index is 2.41. The molecule has 5 nitrogen and oxygen atoms in total. The maximum absolute atomic E-state index is 11.6. The highest BCUT2D eigenvalue weighted by atomic mass is 16.2. The van der Waals surface area contributed by atoms with E-state index >= 15 is 0 Å². The van der Waals surface area contributed by atoms with Gasteiger partial charge in [0.15, 0.2) is 0 Å². The number of aryl methyl sites for hydroxylation is 1. The molecule has 1 aromatic heterocycles. The fourth-order valence-corrected chi connectivity index (χ4v) is 1.65. The van der Waals surface area contributed by atoms with E-state index in [0.717, 1.165) is 5.52 Å². The van der Waals surface area contributed by atoms with Crippen molar-refractivity contribution in [2.24, 2.45) is 13.0 Å². The van der Waals surface area contributed by atoms with Gasteiger partial charge in [-0.1, -0.05) is 13.8 Å². The Labute approximate surface area is 98.4 Å². The SMILES string of the molecule is CC(C)C(=O)Nc1ccc2c(c1)c(=O)[nH]n2C. The number of amides is 1. The van der Waals surface area contributed by atoms with Crippen molar-refractivity contribution in [1.29, 1.82) is 0 Å². The number of carbonyl (C=O) groups excluding carboxylic acids is 1. The molecule has 0 fully saturated rings. The molecular weight excluding hydrogens is 218 g/mol. The van der Waals surface area contributed by atoms with E-state index in [1.165, 1.54) is 0 Å². The summed E-state index contributed by atoms with van der Waals surface area (Å²) in [7, 11) is 1.77. The van der Waals surface area contributed by atoms with Crippen molar-refractivity contribution >= 4 is 22.5 Å². The van der Waals surface area contributed by atoms with Gasteiger partial charge in [0.05, 0.1) is 10.9 Å². The van der Waals surface area contributed by atoms with Crippen molar-refractivity contribution in [3.05, 3.63) is 28.6 Å². The maximum atomic E-state index is 11.6. The maximum Gasteiger partial charge on any atom is 0.272 e. The van der Waals surface area contributed by atoms with E-state index < -0.39 is 0 Å². The van der Waals surface area contributed by atoms with Crippen LogP contribution >= 0.6 is 0 Å². The van der Waals surface area contributed by atoms with Crippen LogP contribution in [0.2, 0.25) is 0 Å². The zero-order valence-corrected chi connectivity index (χ0v) is 10.1. The second kappa shape index (κ2) is 4.08. The van der Waals surface area contributed by atoms with Crippen LogP contribution in [0.1, 0.15) is 13.8 Å². The van der Waals surface area contributed by atoms with E-state index in [1.54, 1.807) is 23.9 Å². The first kappa shape index (κ1) is 11.4. The lowest BCUT2D eigenvalue weighted by Gasteiger charge is -2.07. The minimum absolute atomic E-state index is 0.0586. The number of aromatic amines is 1. The highest BCUT2D eigenvalue weighted by molar-refractivity contribution is 5.94. The Morgan fingerprint density at radius 2 is 2.12 bits per heavy atom. The van der Waals surface area contributed by atoms with Gasteiger partial charge in [-0.05, 0) is 18.2 Å². The fourth-order valence-electron chi connectivity index (χ4n) is 1.65. The smallest absolute Gasteiger partial charge is 0.272 e. The van der Waals surface area contributed by atoms with Crippen LogP contribution < -0.4 is 10.9 Å². The lowest BCUT2D eigenvalue weighted by atomic mass is 10.2. The summed E-state index contributed by atoms with van der Waals surface area (Å²) in [4.78, 5) is 23.1. The van der Waals surface area contributed by atoms with E-state index in [0.29, 0.717) is 11.1 Å². The van der Waals surface area contributed by atoms with Crippen molar-refractivity contribution < 1.29 is 4.79 Å². The molecule has 90 valence electrons. The molecule has 0 aliphatic rings. The van der Waals surface area contributed by atoms with Crippen molar-refractivity contribution in [3.8, 4) is 0 Å². The van der Waals surface area contributed by atoms with Crippen LogP contribution in [0.15, 0.2) is 23.0 Å². The second-order valence-corrected chi connectivity index (χ2v) is 4.38. The van der Waals surface area contributed by atoms with Crippen molar-refractivity contribution in [1.82, 2.24) is 9.78 Å². The molecular formula is C12H15N3O2. The molecule has 0 spiro atoms. The predicted octanol–water partition coefficient (Wildman–Crippen LogP) is 1.46. The van der Waals surface area contributed by atoms with E-state index in [1.807, 2.05) is 19.9 Å². The molecule has 5 heteroatoms. The summed E-state index contributed by atoms with van der Waals surface area (Å²) in [5.74, 6) is -0.142. The van der Waals surface area contributed by atoms with Gasteiger partial charge < -0.3 is 5.32 Å². The number of anilines is 1. The first-order valence-electron chi connectivity index (χ1n) is 5.48. The van der Waals surface area contributed by atoms with Gasteiger partial charge in [0, 0.05) is 18.7 Å². The summed E-state index contributed by atoms with van der Waals surface area (Å²) in [5.41, 5.74) is 1.31. The molecule has 0 bridgehead atoms. The Bertz CT molecular complexity index is 622. The zero-order valence-electron chi connectivity index (χ0n) is 10.1. The molecule has 2 N–H and O–H groups in total. The third-order valence-corrected chi connectivity index (χ3v) is 2.66. The summed E-state index contributed by atoms with van der Waals surface area (Å²) in [6, 6.07) is 5.29.